The van der Waals surface area contributed by atoms with E-state index in [1.807, 2.05) is 12.3 Å². The van der Waals surface area contributed by atoms with Gasteiger partial charge in [-0.05, 0) is 13.0 Å². The molecular formula is C15H21N3O3S. The Labute approximate surface area is 133 Å². The summed E-state index contributed by atoms with van der Waals surface area (Å²) in [5.41, 5.74) is 1.46. The number of nitrogens with zero attached hydrogens (tertiary/aromatic N) is 2. The van der Waals surface area contributed by atoms with Gasteiger partial charge in [-0.15, -0.1) is 11.3 Å². The molecule has 1 amide bonds. The number of H-pyrrole nitrogens is 1. The summed E-state index contributed by atoms with van der Waals surface area (Å²) in [7, 11) is 1.65. The average molecular weight is 323 g/mol. The summed E-state index contributed by atoms with van der Waals surface area (Å²) in [4.78, 5) is 21.3. The molecule has 0 spiro atoms. The van der Waals surface area contributed by atoms with Gasteiger partial charge in [0.25, 0.3) is 5.91 Å². The Morgan fingerprint density at radius 2 is 2.14 bits per heavy atom. The standard InChI is InChI=1S/C15H21N3O3S/c1-10-17-13(6-22-10)11-4-12(16-5-11)14(21)18(3)7-15(2,8-19)9-20/h4-6,16,19-20H,7-9H2,1-3H3. The number of thiazole rings is 1. The van der Waals surface area contributed by atoms with Crippen LogP contribution in [0.25, 0.3) is 11.3 Å². The van der Waals surface area contributed by atoms with Gasteiger partial charge < -0.3 is 20.1 Å². The first-order valence-electron chi connectivity index (χ1n) is 6.96. The maximum Gasteiger partial charge on any atom is 0.270 e. The normalized spacial score (nSPS) is 11.7. The number of nitrogens with one attached hydrogen (secondary N) is 1. The molecular weight excluding hydrogens is 302 g/mol. The number of hydrogen-bond donors (Lipinski definition) is 3. The van der Waals surface area contributed by atoms with Crippen molar-refractivity contribution in [2.75, 3.05) is 26.8 Å². The van der Waals surface area contributed by atoms with Gasteiger partial charge in [0.1, 0.15) is 5.69 Å². The fourth-order valence-electron chi connectivity index (χ4n) is 2.16. The molecule has 0 unspecified atom stereocenters. The summed E-state index contributed by atoms with van der Waals surface area (Å²) in [6, 6.07) is 1.77. The number of carbonyl (C=O) groups is 1. The second-order valence-corrected chi connectivity index (χ2v) is 6.90. The molecule has 22 heavy (non-hydrogen) atoms. The third kappa shape index (κ3) is 3.55. The lowest BCUT2D eigenvalue weighted by Crippen LogP contribution is -2.41. The molecule has 6 nitrogen and oxygen atoms in total. The lowest BCUT2D eigenvalue weighted by Gasteiger charge is -2.30. The number of aliphatic hydroxyl groups excluding tert-OH is 2. The van der Waals surface area contributed by atoms with Crippen LogP contribution in [0.5, 0.6) is 0 Å². The molecule has 2 aromatic heterocycles. The largest absolute Gasteiger partial charge is 0.396 e. The van der Waals surface area contributed by atoms with Crippen LogP contribution in [0.1, 0.15) is 22.4 Å². The van der Waals surface area contributed by atoms with Crippen LogP contribution in [-0.2, 0) is 0 Å². The van der Waals surface area contributed by atoms with E-state index in [1.54, 1.807) is 37.6 Å². The topological polar surface area (TPSA) is 89.5 Å². The van der Waals surface area contributed by atoms with Gasteiger partial charge in [0.05, 0.1) is 23.9 Å². The molecule has 0 aromatic carbocycles. The van der Waals surface area contributed by atoms with E-state index in [0.717, 1.165) is 16.3 Å². The van der Waals surface area contributed by atoms with Crippen LogP contribution >= 0.6 is 11.3 Å². The van der Waals surface area contributed by atoms with Crippen molar-refractivity contribution in [3.63, 3.8) is 0 Å². The Morgan fingerprint density at radius 3 is 2.68 bits per heavy atom. The zero-order chi connectivity index (χ0) is 16.3. The second kappa shape index (κ2) is 6.60. The summed E-state index contributed by atoms with van der Waals surface area (Å²) < 4.78 is 0. The molecule has 2 heterocycles. The number of aromatic nitrogens is 2. The average Bonchev–Trinajstić information content (AvgIpc) is 3.14. The predicted molar refractivity (Wildman–Crippen MR) is 85.9 cm³/mol. The van der Waals surface area contributed by atoms with Crippen LogP contribution < -0.4 is 0 Å². The van der Waals surface area contributed by atoms with Gasteiger partial charge in [-0.2, -0.15) is 0 Å². The highest BCUT2D eigenvalue weighted by atomic mass is 32.1. The highest BCUT2D eigenvalue weighted by Crippen LogP contribution is 2.23. The lowest BCUT2D eigenvalue weighted by molar-refractivity contribution is 0.0364. The van der Waals surface area contributed by atoms with E-state index in [1.165, 1.54) is 4.90 Å². The third-order valence-corrected chi connectivity index (χ3v) is 4.33. The molecule has 3 N–H and O–H groups in total. The fourth-order valence-corrected chi connectivity index (χ4v) is 2.78. The predicted octanol–water partition coefficient (Wildman–Crippen LogP) is 1.51. The van der Waals surface area contributed by atoms with Crippen LogP contribution in [0, 0.1) is 12.3 Å². The number of aryl methyl sites for hydroxylation is 1. The molecule has 2 aromatic rings. The van der Waals surface area contributed by atoms with Crippen molar-refractivity contribution >= 4 is 17.2 Å². The smallest absolute Gasteiger partial charge is 0.270 e. The van der Waals surface area contributed by atoms with E-state index in [4.69, 9.17) is 0 Å². The molecule has 2 rings (SSSR count). The van der Waals surface area contributed by atoms with E-state index in [9.17, 15) is 15.0 Å². The molecule has 0 atom stereocenters. The Hall–Kier alpha value is -1.70. The minimum atomic E-state index is -0.716. The first-order chi connectivity index (χ1) is 10.4. The van der Waals surface area contributed by atoms with E-state index in [0.29, 0.717) is 5.69 Å². The van der Waals surface area contributed by atoms with Gasteiger partial charge in [-0.1, -0.05) is 6.92 Å². The second-order valence-electron chi connectivity index (χ2n) is 5.84. The van der Waals surface area contributed by atoms with Crippen LogP contribution in [0.3, 0.4) is 0 Å². The molecule has 0 aliphatic rings. The van der Waals surface area contributed by atoms with Crippen molar-refractivity contribution in [3.05, 3.63) is 28.3 Å². The molecule has 120 valence electrons. The van der Waals surface area contributed by atoms with Crippen molar-refractivity contribution in [2.24, 2.45) is 5.41 Å². The number of aromatic amines is 1. The molecule has 0 aliphatic carbocycles. The van der Waals surface area contributed by atoms with Crippen LogP contribution in [0.4, 0.5) is 0 Å². The fraction of sp³-hybridized carbons (Fsp3) is 0.467. The van der Waals surface area contributed by atoms with Crippen LogP contribution in [-0.4, -0.2) is 57.8 Å². The Bertz CT molecular complexity index is 646. The number of hydrogen-bond acceptors (Lipinski definition) is 5. The van der Waals surface area contributed by atoms with Gasteiger partial charge in [0.2, 0.25) is 0 Å². The first-order valence-corrected chi connectivity index (χ1v) is 7.84. The zero-order valence-corrected chi connectivity index (χ0v) is 13.8. The molecule has 0 saturated heterocycles. The Balaban J connectivity index is 2.11. The molecule has 0 fully saturated rings. The van der Waals surface area contributed by atoms with E-state index in [-0.39, 0.29) is 25.7 Å². The van der Waals surface area contributed by atoms with Crippen LogP contribution in [0.15, 0.2) is 17.6 Å². The summed E-state index contributed by atoms with van der Waals surface area (Å²) in [5, 5.41) is 21.6. The molecule has 0 saturated carbocycles. The first kappa shape index (κ1) is 16.7. The van der Waals surface area contributed by atoms with E-state index >= 15 is 0 Å². The lowest BCUT2D eigenvalue weighted by atomic mass is 9.92. The van der Waals surface area contributed by atoms with Crippen molar-refractivity contribution in [2.45, 2.75) is 13.8 Å². The highest BCUT2D eigenvalue weighted by molar-refractivity contribution is 7.09. The van der Waals surface area contributed by atoms with Gasteiger partial charge in [-0.25, -0.2) is 4.98 Å². The summed E-state index contributed by atoms with van der Waals surface area (Å²) in [6.45, 7) is 3.56. The summed E-state index contributed by atoms with van der Waals surface area (Å²) in [5.74, 6) is -0.189. The van der Waals surface area contributed by atoms with Gasteiger partial charge in [0.15, 0.2) is 0 Å². The molecule has 7 heteroatoms. The summed E-state index contributed by atoms with van der Waals surface area (Å²) in [6.07, 6.45) is 1.76. The number of aliphatic hydroxyl groups is 2. The van der Waals surface area contributed by atoms with Crippen LogP contribution in [0.2, 0.25) is 0 Å². The van der Waals surface area contributed by atoms with Crippen molar-refractivity contribution in [1.29, 1.82) is 0 Å². The Morgan fingerprint density at radius 1 is 1.45 bits per heavy atom. The van der Waals surface area contributed by atoms with Gasteiger partial charge in [-0.3, -0.25) is 4.79 Å². The minimum absolute atomic E-state index is 0.185. The SMILES string of the molecule is Cc1nc(-c2c[nH]c(C(=O)N(C)CC(C)(CO)CO)c2)cs1. The Kier molecular flexibility index (Phi) is 5.00. The monoisotopic (exact) mass is 323 g/mol. The zero-order valence-electron chi connectivity index (χ0n) is 13.0. The van der Waals surface area contributed by atoms with Crippen molar-refractivity contribution in [1.82, 2.24) is 14.9 Å². The maximum absolute atomic E-state index is 12.4. The number of rotatable bonds is 6. The minimum Gasteiger partial charge on any atom is -0.396 e. The van der Waals surface area contributed by atoms with Crippen molar-refractivity contribution < 1.29 is 15.0 Å². The van der Waals surface area contributed by atoms with Crippen molar-refractivity contribution in [3.8, 4) is 11.3 Å². The van der Waals surface area contributed by atoms with E-state index < -0.39 is 5.41 Å². The van der Waals surface area contributed by atoms with Gasteiger partial charge >= 0.3 is 0 Å². The van der Waals surface area contributed by atoms with Gasteiger partial charge in [0, 0.05) is 36.1 Å². The number of carbonyl (C=O) groups excluding carboxylic acids is 1. The number of amides is 1. The highest BCUT2D eigenvalue weighted by Gasteiger charge is 2.27. The molecule has 0 radical (unpaired) electrons. The quantitative estimate of drug-likeness (QED) is 0.752. The molecule has 0 aliphatic heterocycles. The maximum atomic E-state index is 12.4. The third-order valence-electron chi connectivity index (χ3n) is 3.56. The molecule has 0 bridgehead atoms. The summed E-state index contributed by atoms with van der Waals surface area (Å²) >= 11 is 1.56. The van der Waals surface area contributed by atoms with E-state index in [2.05, 4.69) is 9.97 Å².